The van der Waals surface area contributed by atoms with Crippen molar-refractivity contribution in [2.75, 3.05) is 20.5 Å². The quantitative estimate of drug-likeness (QED) is 0.379. The van der Waals surface area contributed by atoms with E-state index in [9.17, 15) is 9.59 Å². The number of methoxy groups -OCH3 is 1. The van der Waals surface area contributed by atoms with Gasteiger partial charge < -0.3 is 19.5 Å². The normalized spacial score (nSPS) is 16.8. The summed E-state index contributed by atoms with van der Waals surface area (Å²) in [6.45, 7) is 7.71. The number of hydrogen-bond donors (Lipinski definition) is 1. The third kappa shape index (κ3) is 5.32. The van der Waals surface area contributed by atoms with Gasteiger partial charge in [-0.25, -0.2) is 9.59 Å². The second kappa shape index (κ2) is 10.1. The molecule has 1 aliphatic heterocycles. The average Bonchev–Trinajstić information content (AvgIpc) is 2.66. The molecule has 0 radical (unpaired) electrons. The fourth-order valence-corrected chi connectivity index (χ4v) is 3.57. The summed E-state index contributed by atoms with van der Waals surface area (Å²) >= 11 is 12.6. The molecular weight excluding hydrogens is 417 g/mol. The van der Waals surface area contributed by atoms with E-state index in [2.05, 4.69) is 5.32 Å². The monoisotopic (exact) mass is 441 g/mol. The van der Waals surface area contributed by atoms with Gasteiger partial charge in [0.25, 0.3) is 0 Å². The topological polar surface area (TPSA) is 73.9 Å². The van der Waals surface area contributed by atoms with Crippen molar-refractivity contribution in [3.63, 3.8) is 0 Å². The lowest BCUT2D eigenvalue weighted by atomic mass is 9.80. The molecule has 0 spiro atoms. The van der Waals surface area contributed by atoms with Crippen molar-refractivity contribution in [1.29, 1.82) is 0 Å². The molecule has 1 aromatic carbocycles. The largest absolute Gasteiger partial charge is 0.466 e. The lowest BCUT2D eigenvalue weighted by Crippen LogP contribution is -2.32. The van der Waals surface area contributed by atoms with Gasteiger partial charge in [0.1, 0.15) is 0 Å². The first-order valence-electron chi connectivity index (χ1n) is 9.14. The minimum atomic E-state index is -0.799. The molecule has 0 saturated heterocycles. The summed E-state index contributed by atoms with van der Waals surface area (Å²) in [7, 11) is 1.28. The van der Waals surface area contributed by atoms with E-state index in [4.69, 9.17) is 37.4 Å². The molecule has 0 aliphatic carbocycles. The van der Waals surface area contributed by atoms with Crippen LogP contribution >= 0.6 is 23.2 Å². The highest BCUT2D eigenvalue weighted by Crippen LogP contribution is 2.43. The van der Waals surface area contributed by atoms with Crippen LogP contribution in [0.1, 0.15) is 39.2 Å². The van der Waals surface area contributed by atoms with Crippen molar-refractivity contribution in [3.8, 4) is 0 Å². The van der Waals surface area contributed by atoms with Gasteiger partial charge in [-0.05, 0) is 31.4 Å². The van der Waals surface area contributed by atoms with Gasteiger partial charge in [0, 0.05) is 11.4 Å². The van der Waals surface area contributed by atoms with Crippen molar-refractivity contribution in [1.82, 2.24) is 5.32 Å². The maximum Gasteiger partial charge on any atom is 0.338 e. The molecule has 0 bridgehead atoms. The highest BCUT2D eigenvalue weighted by atomic mass is 35.5. The molecular formula is C21H25Cl2NO5. The van der Waals surface area contributed by atoms with Crippen LogP contribution in [0, 0.1) is 5.92 Å². The van der Waals surface area contributed by atoms with Gasteiger partial charge in [0.2, 0.25) is 0 Å². The van der Waals surface area contributed by atoms with Crippen LogP contribution in [-0.2, 0) is 23.8 Å². The number of hydrogen-bond acceptors (Lipinski definition) is 6. The summed E-state index contributed by atoms with van der Waals surface area (Å²) in [6, 6.07) is 5.06. The van der Waals surface area contributed by atoms with Gasteiger partial charge in [-0.1, -0.05) is 49.2 Å². The van der Waals surface area contributed by atoms with Crippen LogP contribution < -0.4 is 5.32 Å². The van der Waals surface area contributed by atoms with Crippen molar-refractivity contribution >= 4 is 35.1 Å². The average molecular weight is 442 g/mol. The Labute approximate surface area is 180 Å². The Bertz CT molecular complexity index is 861. The zero-order valence-corrected chi connectivity index (χ0v) is 18.6. The van der Waals surface area contributed by atoms with Crippen molar-refractivity contribution in [2.45, 2.75) is 33.6 Å². The molecule has 0 aromatic heterocycles. The number of rotatable bonds is 7. The zero-order chi connectivity index (χ0) is 21.7. The number of benzene rings is 1. The summed E-state index contributed by atoms with van der Waals surface area (Å²) < 4.78 is 15.6. The molecule has 1 atom stereocenters. The van der Waals surface area contributed by atoms with Crippen molar-refractivity contribution in [2.24, 2.45) is 5.92 Å². The minimum absolute atomic E-state index is 0.194. The summed E-state index contributed by atoms with van der Waals surface area (Å²) in [4.78, 5) is 25.5. The van der Waals surface area contributed by atoms with Gasteiger partial charge >= 0.3 is 11.9 Å². The number of carbonyl (C=O) groups excluding carboxylic acids is 2. The molecule has 1 heterocycles. The van der Waals surface area contributed by atoms with E-state index in [1.54, 1.807) is 32.0 Å². The third-order valence-electron chi connectivity index (χ3n) is 4.40. The SMILES string of the molecule is COC(=O)C1=C(C)NC(C)=C(C(=O)OCOCC(C)C)C1c1cccc(Cl)c1Cl. The molecule has 6 nitrogen and oxygen atoms in total. The second-order valence-electron chi connectivity index (χ2n) is 7.08. The van der Waals surface area contributed by atoms with E-state index in [0.717, 1.165) is 0 Å². The summed E-state index contributed by atoms with van der Waals surface area (Å²) in [6.07, 6.45) is 0. The predicted molar refractivity (Wildman–Crippen MR) is 112 cm³/mol. The standard InChI is InChI=1S/C21H25Cl2NO5/c1-11(2)9-28-10-29-21(26)17-13(4)24-12(3)16(20(25)27-5)18(17)14-7-6-8-15(22)19(14)23/h6-8,11,18,24H,9-10H2,1-5H3. The highest BCUT2D eigenvalue weighted by Gasteiger charge is 2.39. The number of carbonyl (C=O) groups is 2. The number of dihydropyridines is 1. The zero-order valence-electron chi connectivity index (χ0n) is 17.1. The lowest BCUT2D eigenvalue weighted by Gasteiger charge is -2.30. The van der Waals surface area contributed by atoms with Crippen LogP contribution in [0.2, 0.25) is 10.0 Å². The number of esters is 2. The smallest absolute Gasteiger partial charge is 0.338 e. The van der Waals surface area contributed by atoms with Gasteiger partial charge in [-0.2, -0.15) is 0 Å². The van der Waals surface area contributed by atoms with Crippen LogP contribution in [0.4, 0.5) is 0 Å². The fraction of sp³-hybridized carbons (Fsp3) is 0.429. The molecule has 2 rings (SSSR count). The predicted octanol–water partition coefficient (Wildman–Crippen LogP) is 4.57. The van der Waals surface area contributed by atoms with Crippen LogP contribution in [0.15, 0.2) is 40.7 Å². The van der Waals surface area contributed by atoms with Crippen LogP contribution in [-0.4, -0.2) is 32.4 Å². The second-order valence-corrected chi connectivity index (χ2v) is 7.87. The Morgan fingerprint density at radius 2 is 1.72 bits per heavy atom. The minimum Gasteiger partial charge on any atom is -0.466 e. The van der Waals surface area contributed by atoms with Crippen LogP contribution in [0.3, 0.4) is 0 Å². The molecule has 0 amide bonds. The Hall–Kier alpha value is -2.02. The highest BCUT2D eigenvalue weighted by molar-refractivity contribution is 6.42. The molecule has 29 heavy (non-hydrogen) atoms. The van der Waals surface area contributed by atoms with Crippen LogP contribution in [0.5, 0.6) is 0 Å². The van der Waals surface area contributed by atoms with E-state index in [1.807, 2.05) is 13.8 Å². The van der Waals surface area contributed by atoms with Gasteiger partial charge in [0.05, 0.1) is 40.8 Å². The summed E-state index contributed by atoms with van der Waals surface area (Å²) in [5.41, 5.74) is 2.12. The Morgan fingerprint density at radius 1 is 1.10 bits per heavy atom. The van der Waals surface area contributed by atoms with E-state index >= 15 is 0 Å². The maximum atomic E-state index is 12.9. The Morgan fingerprint density at radius 3 is 2.31 bits per heavy atom. The van der Waals surface area contributed by atoms with Gasteiger partial charge in [-0.3, -0.25) is 0 Å². The summed E-state index contributed by atoms with van der Waals surface area (Å²) in [5.74, 6) is -1.69. The lowest BCUT2D eigenvalue weighted by molar-refractivity contribution is -0.152. The van der Waals surface area contributed by atoms with Gasteiger partial charge in [-0.15, -0.1) is 0 Å². The molecule has 0 saturated carbocycles. The molecule has 1 aromatic rings. The van der Waals surface area contributed by atoms with Crippen molar-refractivity contribution in [3.05, 3.63) is 56.3 Å². The molecule has 8 heteroatoms. The molecule has 1 N–H and O–H groups in total. The molecule has 1 aliphatic rings. The fourth-order valence-electron chi connectivity index (χ4n) is 3.16. The number of nitrogens with one attached hydrogen (secondary N) is 1. The Balaban J connectivity index is 2.49. The van der Waals surface area contributed by atoms with E-state index in [0.29, 0.717) is 34.5 Å². The number of ether oxygens (including phenoxy) is 3. The first kappa shape index (κ1) is 23.3. The van der Waals surface area contributed by atoms with E-state index < -0.39 is 17.9 Å². The molecule has 158 valence electrons. The molecule has 0 fully saturated rings. The Kier molecular flexibility index (Phi) is 8.14. The third-order valence-corrected chi connectivity index (χ3v) is 5.24. The maximum absolute atomic E-state index is 12.9. The van der Waals surface area contributed by atoms with Crippen LogP contribution in [0.25, 0.3) is 0 Å². The van der Waals surface area contributed by atoms with E-state index in [-0.39, 0.29) is 23.0 Å². The van der Waals surface area contributed by atoms with E-state index in [1.165, 1.54) is 7.11 Å². The van der Waals surface area contributed by atoms with Crippen molar-refractivity contribution < 1.29 is 23.8 Å². The first-order chi connectivity index (χ1) is 13.7. The number of allylic oxidation sites excluding steroid dienone is 2. The molecule has 1 unspecified atom stereocenters. The summed E-state index contributed by atoms with van der Waals surface area (Å²) in [5, 5.41) is 3.63. The number of halogens is 2. The van der Waals surface area contributed by atoms with Gasteiger partial charge in [0.15, 0.2) is 6.79 Å². The first-order valence-corrected chi connectivity index (χ1v) is 9.90.